The average molecular weight is 1810 g/mol. The second-order valence-electron chi connectivity index (χ2n) is 32.9. The Kier molecular flexibility index (Phi) is 42.8. The summed E-state index contributed by atoms with van der Waals surface area (Å²) in [7, 11) is -9.46. The second-order valence-corrected chi connectivity index (χ2v) is 36.3. The highest BCUT2D eigenvalue weighted by atomic mass is 35.5. The zero-order valence-electron chi connectivity index (χ0n) is 73.2. The number of nitriles is 4. The molecule has 0 aliphatic carbocycles. The Morgan fingerprint density at radius 2 is 0.944 bits per heavy atom. The Hall–Kier alpha value is -7.73. The maximum atomic E-state index is 15.0. The monoisotopic (exact) mass is 1810 g/mol. The fraction of sp³-hybridized carbons (Fsp3) is 0.626. The van der Waals surface area contributed by atoms with E-state index in [0.29, 0.717) is 29.9 Å². The third-order valence-corrected chi connectivity index (χ3v) is 25.3. The normalized spacial score (nSPS) is 20.9. The molecular formula is C91H127ClF2N12O18P2. The summed E-state index contributed by atoms with van der Waals surface area (Å²) in [6.07, 6.45) is 32.9. The summed E-state index contributed by atoms with van der Waals surface area (Å²) in [6.45, 7) is 6.30. The number of phosphoric ester groups is 2. The largest absolute Gasteiger partial charge is 0.530 e. The molecule has 7 aromatic rings. The number of benzene rings is 3. The number of phosphoric acid groups is 2. The third kappa shape index (κ3) is 30.7. The van der Waals surface area contributed by atoms with Gasteiger partial charge in [-0.3, -0.25) is 18.1 Å². The van der Waals surface area contributed by atoms with E-state index in [1.807, 2.05) is 18.2 Å². The van der Waals surface area contributed by atoms with E-state index in [1.165, 1.54) is 225 Å². The number of aromatic nitrogens is 6. The summed E-state index contributed by atoms with van der Waals surface area (Å²) in [5.41, 5.74) is 9.95. The van der Waals surface area contributed by atoms with Crippen LogP contribution in [0.3, 0.4) is 0 Å². The van der Waals surface area contributed by atoms with Crippen molar-refractivity contribution in [2.75, 3.05) is 64.3 Å². The molecule has 126 heavy (non-hydrogen) atoms. The first-order chi connectivity index (χ1) is 60.9. The van der Waals surface area contributed by atoms with Gasteiger partial charge in [0.2, 0.25) is 11.2 Å². The summed E-state index contributed by atoms with van der Waals surface area (Å²) < 4.78 is 137. The molecule has 0 bridgehead atoms. The minimum absolute atomic E-state index is 0.0164. The lowest BCUT2D eigenvalue weighted by atomic mass is 9.92. The van der Waals surface area contributed by atoms with Crippen LogP contribution in [0.2, 0.25) is 5.02 Å². The van der Waals surface area contributed by atoms with E-state index in [1.54, 1.807) is 44.2 Å². The van der Waals surface area contributed by atoms with Crippen LogP contribution in [0.15, 0.2) is 97.6 Å². The Balaban J connectivity index is 0.000000289. The molecule has 35 heteroatoms. The average Bonchev–Trinajstić information content (AvgIpc) is 1.54. The van der Waals surface area contributed by atoms with E-state index in [0.717, 1.165) is 57.0 Å². The van der Waals surface area contributed by atoms with Gasteiger partial charge in [0, 0.05) is 24.3 Å². The quantitative estimate of drug-likeness (QED) is 0.0175. The summed E-state index contributed by atoms with van der Waals surface area (Å²) >= 11 is 6.46. The number of unbranched alkanes of at least 4 members (excludes halogenated alkanes) is 30. The number of anilines is 2. The molecule has 0 amide bonds. The summed E-state index contributed by atoms with van der Waals surface area (Å²) in [6, 6.07) is 28.7. The Morgan fingerprint density at radius 1 is 0.524 bits per heavy atom. The van der Waals surface area contributed by atoms with Crippen molar-refractivity contribution in [3.8, 4) is 30.0 Å². The number of ether oxygens (including phenoxy) is 8. The maximum absolute atomic E-state index is 15.0. The molecule has 3 aliphatic rings. The lowest BCUT2D eigenvalue weighted by molar-refractivity contribution is -0.204. The van der Waals surface area contributed by atoms with Crippen molar-refractivity contribution in [2.45, 2.75) is 312 Å². The van der Waals surface area contributed by atoms with Crippen LogP contribution in [0.4, 0.5) is 20.4 Å². The minimum Gasteiger partial charge on any atom is -0.402 e. The van der Waals surface area contributed by atoms with Crippen molar-refractivity contribution >= 4 is 49.9 Å². The first-order valence-corrected chi connectivity index (χ1v) is 48.1. The number of fused-ring (bicyclic) bond motifs is 3. The van der Waals surface area contributed by atoms with Crippen molar-refractivity contribution in [1.82, 2.24) is 29.2 Å². The highest BCUT2D eigenvalue weighted by Gasteiger charge is 2.66. The summed E-state index contributed by atoms with van der Waals surface area (Å²) in [5.74, 6) is -2.07. The smallest absolute Gasteiger partial charge is 0.402 e. The maximum Gasteiger partial charge on any atom is 0.530 e. The van der Waals surface area contributed by atoms with Gasteiger partial charge < -0.3 is 69.0 Å². The molecule has 3 aromatic carbocycles. The van der Waals surface area contributed by atoms with Gasteiger partial charge in [-0.25, -0.2) is 36.9 Å². The van der Waals surface area contributed by atoms with Gasteiger partial charge in [-0.2, -0.15) is 31.2 Å². The molecule has 4 aromatic heterocycles. The van der Waals surface area contributed by atoms with Crippen LogP contribution in [-0.4, -0.2) is 152 Å². The van der Waals surface area contributed by atoms with Crippen LogP contribution in [0.1, 0.15) is 267 Å². The molecule has 3 aliphatic heterocycles. The van der Waals surface area contributed by atoms with Gasteiger partial charge in [-0.05, 0) is 87.4 Å². The number of para-hydroxylation sites is 1. The fourth-order valence-electron chi connectivity index (χ4n) is 15.6. The van der Waals surface area contributed by atoms with E-state index in [9.17, 15) is 48.8 Å². The molecular weight excluding hydrogens is 1680 g/mol. The molecule has 2 unspecified atom stereocenters. The summed E-state index contributed by atoms with van der Waals surface area (Å²) in [4.78, 5) is 18.5. The van der Waals surface area contributed by atoms with E-state index in [4.69, 9.17) is 88.8 Å². The van der Waals surface area contributed by atoms with Crippen molar-refractivity contribution in [1.29, 1.82) is 21.0 Å². The fourth-order valence-corrected chi connectivity index (χ4v) is 17.8. The van der Waals surface area contributed by atoms with E-state index in [-0.39, 0.29) is 83.4 Å². The number of nitrogens with two attached hydrogens (primary N) is 2. The Morgan fingerprint density at radius 3 is 1.38 bits per heavy atom. The van der Waals surface area contributed by atoms with Crippen LogP contribution < -0.4 is 16.0 Å². The Labute approximate surface area is 744 Å². The van der Waals surface area contributed by atoms with Crippen molar-refractivity contribution in [2.24, 2.45) is 0 Å². The van der Waals surface area contributed by atoms with Crippen LogP contribution in [-0.2, 0) is 89.5 Å². The van der Waals surface area contributed by atoms with Gasteiger partial charge in [-0.15, -0.1) is 0 Å². The van der Waals surface area contributed by atoms with Crippen molar-refractivity contribution < 1.29 is 93.5 Å². The number of nitrogens with zero attached hydrogens (tertiary/aromatic N) is 10. The third-order valence-electron chi connectivity index (χ3n) is 22.6. The SMILES string of the molecule is CCCCCCCCCCCCCCCCCCOC[C@H](COP(=O)(O)OC[C@H]1O[C@@](C#N)(c2ccc3c(N)ncnn23)[C@H](O)[C@@H]1O)OCc1ccc(C#N)cc1F.CCCCCCCCCCCCCCCCCCOC[C@H](COP(=O)(OC[C@H]1O[C@@](C#N)(c2ccc3c(N)ncnn23)[C@@H]2OC(C)(C)O[C@@H]21)Oc1ccccc1Cl)OCc1ccc(C#N)cc1F. The van der Waals surface area contributed by atoms with Gasteiger partial charge in [0.25, 0.3) is 0 Å². The van der Waals surface area contributed by atoms with Crippen LogP contribution >= 0.6 is 27.2 Å². The first kappa shape index (κ1) is 102. The number of rotatable bonds is 60. The molecule has 10 rings (SSSR count). The molecule has 3 saturated heterocycles. The van der Waals surface area contributed by atoms with E-state index >= 15 is 0 Å². The van der Waals surface area contributed by atoms with Crippen LogP contribution in [0.5, 0.6) is 5.75 Å². The number of halogens is 3. The zero-order valence-corrected chi connectivity index (χ0v) is 75.7. The molecule has 690 valence electrons. The summed E-state index contributed by atoms with van der Waals surface area (Å²) in [5, 5.41) is 69.6. The van der Waals surface area contributed by atoms with Gasteiger partial charge >= 0.3 is 15.6 Å². The predicted molar refractivity (Wildman–Crippen MR) is 468 cm³/mol. The lowest BCUT2D eigenvalue weighted by Crippen LogP contribution is -2.41. The molecule has 7 N–H and O–H groups in total. The molecule has 0 saturated carbocycles. The number of hydrogen-bond acceptors (Lipinski definition) is 27. The van der Waals surface area contributed by atoms with Crippen molar-refractivity contribution in [3.63, 3.8) is 0 Å². The van der Waals surface area contributed by atoms with E-state index < -0.39 is 113 Å². The van der Waals surface area contributed by atoms with E-state index in [2.05, 4.69) is 40.1 Å². The topological polar surface area (TPSA) is 422 Å². The number of aliphatic hydroxyl groups excluding tert-OH is 2. The standard InChI is InChI=1S/C50H67ClFN6O9P.C41H60FN6O9P/c1-4-5-6-7-8-9-10-11-12-13-14-15-16-17-18-21-28-60-32-39(61-31-38-25-24-37(30-53)29-41(38)52)33-62-68(59,67-43-23-20-19-22-40(43)51)63-34-44-46-47(66-49(2,3)65-46)50(35-54,64-44)45-27-26-42-48(55)56-36-57-58(42)45;1-2-3-4-5-6-7-8-9-10-11-12-13-14-15-16-17-22-53-26-33(54-25-32-19-18-31(24-43)23-34(32)42)27-55-58(51,52)56-28-36-38(49)39(50)41(29-44,57-36)37-21-20-35-40(45)46-30-47-48(35)37/h19-20,22-27,29,36,39,44,46-47H,4-18,21,28,31-34H2,1-3H3,(H2,55,56,57);18-21,23,30,33,36,38-39,49-50H,2-17,22,25-28H2,1H3,(H,51,52)(H2,45,46,47)/t39-,44-,46-,47-,50+,68?;33-,36-,38-,39-,41+/m11/s1. The van der Waals surface area contributed by atoms with Crippen molar-refractivity contribution in [3.05, 3.63) is 148 Å². The zero-order chi connectivity index (χ0) is 90.2. The van der Waals surface area contributed by atoms with Gasteiger partial charge in [0.1, 0.15) is 102 Å². The minimum atomic E-state index is -4.84. The van der Waals surface area contributed by atoms with Crippen LogP contribution in [0, 0.1) is 57.0 Å². The molecule has 7 heterocycles. The molecule has 3 fully saturated rings. The predicted octanol–water partition coefficient (Wildman–Crippen LogP) is 18.9. The highest BCUT2D eigenvalue weighted by molar-refractivity contribution is 7.49. The molecule has 30 nitrogen and oxygen atoms in total. The highest BCUT2D eigenvalue weighted by Crippen LogP contribution is 2.55. The number of aliphatic hydroxyl groups is 2. The number of nitrogen functional groups attached to an aromatic ring is 2. The number of hydrogen-bond donors (Lipinski definition) is 5. The van der Waals surface area contributed by atoms with Crippen LogP contribution in [0.25, 0.3) is 11.0 Å². The molecule has 0 radical (unpaired) electrons. The Bertz CT molecular complexity index is 4740. The van der Waals surface area contributed by atoms with Gasteiger partial charge in [0.15, 0.2) is 17.4 Å². The lowest BCUT2D eigenvalue weighted by Gasteiger charge is -2.29. The molecule has 12 atom stereocenters. The second kappa shape index (κ2) is 52.8. The van der Waals surface area contributed by atoms with Gasteiger partial charge in [0.05, 0.1) is 92.5 Å². The first-order valence-electron chi connectivity index (χ1n) is 44.7. The van der Waals surface area contributed by atoms with Gasteiger partial charge in [-0.1, -0.05) is 242 Å². The molecule has 0 spiro atoms.